The van der Waals surface area contributed by atoms with Crippen LogP contribution in [0.1, 0.15) is 39.1 Å². The summed E-state index contributed by atoms with van der Waals surface area (Å²) in [6.07, 6.45) is 1.91. The van der Waals surface area contributed by atoms with Crippen molar-refractivity contribution in [3.8, 4) is 0 Å². The van der Waals surface area contributed by atoms with Crippen molar-refractivity contribution in [2.24, 2.45) is 0 Å². The van der Waals surface area contributed by atoms with E-state index in [1.807, 2.05) is 13.0 Å². The summed E-state index contributed by atoms with van der Waals surface area (Å²) in [6.45, 7) is 0.968. The van der Waals surface area contributed by atoms with E-state index in [1.165, 1.54) is 0 Å². The summed E-state index contributed by atoms with van der Waals surface area (Å²) in [4.78, 5) is 48.2. The third-order valence-corrected chi connectivity index (χ3v) is 4.40. The number of rotatable bonds is 8. The van der Waals surface area contributed by atoms with Gasteiger partial charge in [-0.1, -0.05) is 29.8 Å². The van der Waals surface area contributed by atoms with E-state index in [1.54, 1.807) is 42.5 Å². The number of aryl methyl sites for hydroxylation is 1. The fourth-order valence-corrected chi connectivity index (χ4v) is 2.71. The van der Waals surface area contributed by atoms with Crippen LogP contribution in [-0.2, 0) is 14.3 Å². The van der Waals surface area contributed by atoms with Gasteiger partial charge in [0.25, 0.3) is 17.7 Å². The third-order valence-electron chi connectivity index (χ3n) is 4.40. The highest BCUT2D eigenvalue weighted by Crippen LogP contribution is 2.21. The number of amides is 3. The van der Waals surface area contributed by atoms with Crippen LogP contribution in [0.4, 0.5) is 5.69 Å². The van der Waals surface area contributed by atoms with Crippen molar-refractivity contribution in [3.63, 3.8) is 0 Å². The van der Waals surface area contributed by atoms with Gasteiger partial charge in [0.05, 0.1) is 11.3 Å². The van der Waals surface area contributed by atoms with Crippen LogP contribution in [0.5, 0.6) is 0 Å². The number of esters is 1. The highest BCUT2D eigenvalue weighted by atomic mass is 16.5. The molecule has 0 spiro atoms. The van der Waals surface area contributed by atoms with Crippen LogP contribution in [0.25, 0.3) is 0 Å². The Morgan fingerprint density at radius 1 is 1.00 bits per heavy atom. The molecular formula is C22H23N3O5. The molecule has 0 bridgehead atoms. The predicted octanol–water partition coefficient (Wildman–Crippen LogP) is 1.80. The predicted molar refractivity (Wildman–Crippen MR) is 110 cm³/mol. The zero-order chi connectivity index (χ0) is 21.5. The van der Waals surface area contributed by atoms with Gasteiger partial charge in [-0.05, 0) is 44.0 Å². The van der Waals surface area contributed by atoms with Crippen molar-refractivity contribution in [2.45, 2.75) is 25.8 Å². The van der Waals surface area contributed by atoms with Crippen LogP contribution in [-0.4, -0.2) is 42.9 Å². The van der Waals surface area contributed by atoms with Gasteiger partial charge in [0.1, 0.15) is 6.54 Å². The van der Waals surface area contributed by atoms with Crippen LogP contribution in [0.2, 0.25) is 0 Å². The van der Waals surface area contributed by atoms with Crippen molar-refractivity contribution < 1.29 is 23.9 Å². The summed E-state index contributed by atoms with van der Waals surface area (Å²) < 4.78 is 4.89. The first kappa shape index (κ1) is 21.0. The molecule has 8 heteroatoms. The monoisotopic (exact) mass is 409 g/mol. The normalized spacial score (nSPS) is 12.6. The van der Waals surface area contributed by atoms with Gasteiger partial charge in [0.2, 0.25) is 0 Å². The van der Waals surface area contributed by atoms with E-state index < -0.39 is 24.4 Å². The van der Waals surface area contributed by atoms with E-state index in [0.29, 0.717) is 16.8 Å². The number of carbonyl (C=O) groups excluding carboxylic acids is 4. The number of carbonyl (C=O) groups is 4. The number of benzene rings is 2. The number of nitrogens with one attached hydrogen (secondary N) is 3. The summed E-state index contributed by atoms with van der Waals surface area (Å²) >= 11 is 0. The fourth-order valence-electron chi connectivity index (χ4n) is 2.71. The maximum absolute atomic E-state index is 12.3. The largest absolute Gasteiger partial charge is 0.454 e. The molecule has 30 heavy (non-hydrogen) atoms. The summed E-state index contributed by atoms with van der Waals surface area (Å²) in [7, 11) is 0. The van der Waals surface area contributed by atoms with E-state index in [-0.39, 0.29) is 18.5 Å². The molecule has 3 N–H and O–H groups in total. The molecule has 8 nitrogen and oxygen atoms in total. The Labute approximate surface area is 174 Å². The zero-order valence-electron chi connectivity index (χ0n) is 16.6. The minimum absolute atomic E-state index is 0.192. The van der Waals surface area contributed by atoms with E-state index in [2.05, 4.69) is 16.0 Å². The van der Waals surface area contributed by atoms with Gasteiger partial charge in [-0.25, -0.2) is 0 Å². The Bertz CT molecular complexity index is 969. The molecule has 0 radical (unpaired) electrons. The average molecular weight is 409 g/mol. The second-order valence-corrected chi connectivity index (χ2v) is 7.05. The van der Waals surface area contributed by atoms with Gasteiger partial charge in [-0.2, -0.15) is 0 Å². The van der Waals surface area contributed by atoms with Crippen molar-refractivity contribution in [2.75, 3.05) is 18.5 Å². The Kier molecular flexibility index (Phi) is 6.79. The molecule has 156 valence electrons. The number of para-hydroxylation sites is 1. The van der Waals surface area contributed by atoms with Crippen molar-refractivity contribution in [3.05, 3.63) is 65.2 Å². The molecule has 1 aliphatic carbocycles. The fraction of sp³-hybridized carbons (Fsp3) is 0.273. The molecule has 0 unspecified atom stereocenters. The summed E-state index contributed by atoms with van der Waals surface area (Å²) in [5, 5.41) is 7.88. The molecule has 0 aromatic heterocycles. The standard InChI is InChI=1S/C22H23N3O5/c1-14-5-4-6-15(11-14)21(28)23-12-20(27)30-13-19(26)25-18-8-3-2-7-17(18)22(29)24-16-9-10-16/h2-8,11,16H,9-10,12-13H2,1H3,(H,23,28)(H,24,29)(H,25,26). The Hall–Kier alpha value is -3.68. The number of anilines is 1. The smallest absolute Gasteiger partial charge is 0.325 e. The molecule has 3 rings (SSSR count). The lowest BCUT2D eigenvalue weighted by atomic mass is 10.1. The van der Waals surface area contributed by atoms with Gasteiger partial charge in [0, 0.05) is 11.6 Å². The van der Waals surface area contributed by atoms with E-state index in [9.17, 15) is 19.2 Å². The summed E-state index contributed by atoms with van der Waals surface area (Å²) in [6, 6.07) is 13.7. The number of ether oxygens (including phenoxy) is 1. The highest BCUT2D eigenvalue weighted by Gasteiger charge is 2.25. The minimum atomic E-state index is -0.745. The highest BCUT2D eigenvalue weighted by molar-refractivity contribution is 6.04. The average Bonchev–Trinajstić information content (AvgIpc) is 3.54. The molecule has 2 aromatic carbocycles. The molecule has 3 amide bonds. The second kappa shape index (κ2) is 9.69. The molecule has 0 saturated heterocycles. The number of hydrogen-bond donors (Lipinski definition) is 3. The third kappa shape index (κ3) is 6.16. The van der Waals surface area contributed by atoms with Gasteiger partial charge in [-0.3, -0.25) is 19.2 Å². The van der Waals surface area contributed by atoms with Crippen molar-refractivity contribution in [1.29, 1.82) is 0 Å². The Morgan fingerprint density at radius 3 is 2.50 bits per heavy atom. The van der Waals surface area contributed by atoms with Gasteiger partial charge in [0.15, 0.2) is 6.61 Å². The maximum Gasteiger partial charge on any atom is 0.325 e. The van der Waals surface area contributed by atoms with Crippen molar-refractivity contribution in [1.82, 2.24) is 10.6 Å². The van der Waals surface area contributed by atoms with Crippen molar-refractivity contribution >= 4 is 29.4 Å². The van der Waals surface area contributed by atoms with Gasteiger partial charge < -0.3 is 20.7 Å². The van der Waals surface area contributed by atoms with Crippen LogP contribution in [0, 0.1) is 6.92 Å². The van der Waals surface area contributed by atoms with Crippen LogP contribution >= 0.6 is 0 Å². The summed E-state index contributed by atoms with van der Waals surface area (Å²) in [5.74, 6) is -1.99. The SMILES string of the molecule is Cc1cccc(C(=O)NCC(=O)OCC(=O)Nc2ccccc2C(=O)NC2CC2)c1. The lowest BCUT2D eigenvalue weighted by molar-refractivity contribution is -0.146. The molecule has 2 aromatic rings. The lowest BCUT2D eigenvalue weighted by Crippen LogP contribution is -2.32. The first-order chi connectivity index (χ1) is 14.4. The first-order valence-electron chi connectivity index (χ1n) is 9.62. The molecule has 0 atom stereocenters. The lowest BCUT2D eigenvalue weighted by Gasteiger charge is -2.11. The maximum atomic E-state index is 12.3. The topological polar surface area (TPSA) is 114 Å². The summed E-state index contributed by atoms with van der Waals surface area (Å²) in [5.41, 5.74) is 2.04. The first-order valence-corrected chi connectivity index (χ1v) is 9.62. The minimum Gasteiger partial charge on any atom is -0.454 e. The molecule has 1 aliphatic rings. The van der Waals surface area contributed by atoms with E-state index in [0.717, 1.165) is 18.4 Å². The molecule has 0 aliphatic heterocycles. The van der Waals surface area contributed by atoms with E-state index >= 15 is 0 Å². The zero-order valence-corrected chi connectivity index (χ0v) is 16.6. The van der Waals surface area contributed by atoms with Crippen LogP contribution < -0.4 is 16.0 Å². The molecule has 0 heterocycles. The number of hydrogen-bond acceptors (Lipinski definition) is 5. The molecule has 1 fully saturated rings. The van der Waals surface area contributed by atoms with Crippen LogP contribution in [0.15, 0.2) is 48.5 Å². The van der Waals surface area contributed by atoms with Crippen LogP contribution in [0.3, 0.4) is 0 Å². The van der Waals surface area contributed by atoms with Gasteiger partial charge >= 0.3 is 5.97 Å². The quantitative estimate of drug-likeness (QED) is 0.576. The molecular weight excluding hydrogens is 386 g/mol. The Morgan fingerprint density at radius 2 is 1.77 bits per heavy atom. The van der Waals surface area contributed by atoms with Gasteiger partial charge in [-0.15, -0.1) is 0 Å². The second-order valence-electron chi connectivity index (χ2n) is 7.05. The molecule has 1 saturated carbocycles. The Balaban J connectivity index is 1.45. The van der Waals surface area contributed by atoms with E-state index in [4.69, 9.17) is 4.74 Å².